The van der Waals surface area contributed by atoms with Gasteiger partial charge in [-0.25, -0.2) is 0 Å². The first-order valence-corrected chi connectivity index (χ1v) is 6.49. The number of ether oxygens (including phenoxy) is 2. The molecule has 1 aromatic rings. The third-order valence-electron chi connectivity index (χ3n) is 2.16. The number of pyridine rings is 1. The molecule has 4 nitrogen and oxygen atoms in total. The molecule has 0 aliphatic carbocycles. The molecule has 96 valence electrons. The third kappa shape index (κ3) is 7.44. The van der Waals surface area contributed by atoms with Crippen LogP contribution < -0.4 is 5.32 Å². The number of hydrogen-bond donors (Lipinski definition) is 1. The molecule has 0 saturated carbocycles. The lowest BCUT2D eigenvalue weighted by Crippen LogP contribution is -2.17. The largest absolute Gasteiger partial charge is 0.382 e. The van der Waals surface area contributed by atoms with E-state index in [9.17, 15) is 0 Å². The van der Waals surface area contributed by atoms with Gasteiger partial charge < -0.3 is 14.8 Å². The van der Waals surface area contributed by atoms with Gasteiger partial charge in [-0.2, -0.15) is 0 Å². The van der Waals surface area contributed by atoms with E-state index in [1.54, 1.807) is 13.3 Å². The van der Waals surface area contributed by atoms with Crippen molar-refractivity contribution >= 4 is 15.9 Å². The summed E-state index contributed by atoms with van der Waals surface area (Å²) in [6, 6.07) is 2.06. The summed E-state index contributed by atoms with van der Waals surface area (Å²) in [5.74, 6) is 0. The second-order valence-electron chi connectivity index (χ2n) is 3.65. The smallest absolute Gasteiger partial charge is 0.0700 e. The molecule has 0 bridgehead atoms. The van der Waals surface area contributed by atoms with Crippen LogP contribution >= 0.6 is 15.9 Å². The molecule has 0 aromatic carbocycles. The summed E-state index contributed by atoms with van der Waals surface area (Å²) in [6.07, 6.45) is 4.66. The second-order valence-corrected chi connectivity index (χ2v) is 4.56. The molecule has 0 fully saturated rings. The monoisotopic (exact) mass is 302 g/mol. The van der Waals surface area contributed by atoms with E-state index in [0.29, 0.717) is 13.2 Å². The van der Waals surface area contributed by atoms with Crippen molar-refractivity contribution in [2.45, 2.75) is 13.0 Å². The number of aromatic nitrogens is 1. The van der Waals surface area contributed by atoms with Crippen molar-refractivity contribution in [2.75, 3.05) is 33.5 Å². The molecule has 0 saturated heterocycles. The molecule has 0 aliphatic heterocycles. The lowest BCUT2D eigenvalue weighted by Gasteiger charge is -2.06. The minimum absolute atomic E-state index is 0.664. The first kappa shape index (κ1) is 14.6. The van der Waals surface area contributed by atoms with Gasteiger partial charge in [0.25, 0.3) is 0 Å². The fourth-order valence-electron chi connectivity index (χ4n) is 1.33. The van der Waals surface area contributed by atoms with Crippen LogP contribution in [-0.2, 0) is 16.0 Å². The van der Waals surface area contributed by atoms with Crippen molar-refractivity contribution in [3.05, 3.63) is 28.5 Å². The molecule has 0 radical (unpaired) electrons. The van der Waals surface area contributed by atoms with Crippen LogP contribution in [0, 0.1) is 0 Å². The van der Waals surface area contributed by atoms with Crippen LogP contribution in [0.25, 0.3) is 0 Å². The SMILES string of the molecule is COCCOCCCNCc1cncc(Br)c1. The molecule has 1 heterocycles. The highest BCUT2D eigenvalue weighted by Gasteiger charge is 1.94. The fourth-order valence-corrected chi connectivity index (χ4v) is 1.74. The Labute approximate surface area is 111 Å². The molecule has 0 amide bonds. The lowest BCUT2D eigenvalue weighted by molar-refractivity contribution is 0.0695. The number of rotatable bonds is 9. The number of halogens is 1. The van der Waals surface area contributed by atoms with Gasteiger partial charge in [0.2, 0.25) is 0 Å². The van der Waals surface area contributed by atoms with Gasteiger partial charge in [0.1, 0.15) is 0 Å². The first-order valence-electron chi connectivity index (χ1n) is 5.70. The van der Waals surface area contributed by atoms with E-state index in [4.69, 9.17) is 9.47 Å². The molecular formula is C12H19BrN2O2. The first-order chi connectivity index (χ1) is 8.33. The van der Waals surface area contributed by atoms with E-state index in [2.05, 4.69) is 32.3 Å². The van der Waals surface area contributed by atoms with Gasteiger partial charge in [0.15, 0.2) is 0 Å². The summed E-state index contributed by atoms with van der Waals surface area (Å²) in [5, 5.41) is 3.35. The predicted octanol–water partition coefficient (Wildman–Crippen LogP) is 1.99. The van der Waals surface area contributed by atoms with Crippen molar-refractivity contribution in [2.24, 2.45) is 0 Å². The summed E-state index contributed by atoms with van der Waals surface area (Å²) in [5.41, 5.74) is 1.18. The highest BCUT2D eigenvalue weighted by atomic mass is 79.9. The van der Waals surface area contributed by atoms with Crippen LogP contribution in [0.5, 0.6) is 0 Å². The van der Waals surface area contributed by atoms with Crippen LogP contribution in [0.2, 0.25) is 0 Å². The van der Waals surface area contributed by atoms with Crippen LogP contribution in [0.4, 0.5) is 0 Å². The maximum absolute atomic E-state index is 5.36. The van der Waals surface area contributed by atoms with Crippen LogP contribution in [0.15, 0.2) is 22.9 Å². The van der Waals surface area contributed by atoms with E-state index < -0.39 is 0 Å². The van der Waals surface area contributed by atoms with Gasteiger partial charge in [-0.1, -0.05) is 0 Å². The predicted molar refractivity (Wildman–Crippen MR) is 71.0 cm³/mol. The van der Waals surface area contributed by atoms with E-state index in [-0.39, 0.29) is 0 Å². The van der Waals surface area contributed by atoms with Gasteiger partial charge >= 0.3 is 0 Å². The fraction of sp³-hybridized carbons (Fsp3) is 0.583. The number of nitrogens with zero attached hydrogens (tertiary/aromatic N) is 1. The highest BCUT2D eigenvalue weighted by Crippen LogP contribution is 2.08. The Morgan fingerprint density at radius 2 is 2.18 bits per heavy atom. The van der Waals surface area contributed by atoms with E-state index in [1.165, 1.54) is 5.56 Å². The zero-order valence-corrected chi connectivity index (χ0v) is 11.7. The Hall–Kier alpha value is -0.490. The Kier molecular flexibility index (Phi) is 8.17. The highest BCUT2D eigenvalue weighted by molar-refractivity contribution is 9.10. The van der Waals surface area contributed by atoms with Gasteiger partial charge in [-0.3, -0.25) is 4.98 Å². The van der Waals surface area contributed by atoms with Crippen molar-refractivity contribution < 1.29 is 9.47 Å². The molecule has 0 spiro atoms. The third-order valence-corrected chi connectivity index (χ3v) is 2.60. The minimum Gasteiger partial charge on any atom is -0.382 e. The zero-order chi connectivity index (χ0) is 12.3. The van der Waals surface area contributed by atoms with Crippen molar-refractivity contribution in [3.8, 4) is 0 Å². The molecule has 0 aliphatic rings. The maximum atomic E-state index is 5.36. The molecule has 1 N–H and O–H groups in total. The van der Waals surface area contributed by atoms with Gasteiger partial charge in [-0.15, -0.1) is 0 Å². The van der Waals surface area contributed by atoms with E-state index >= 15 is 0 Å². The quantitative estimate of drug-likeness (QED) is 0.709. The van der Waals surface area contributed by atoms with Crippen molar-refractivity contribution in [1.82, 2.24) is 10.3 Å². The summed E-state index contributed by atoms with van der Waals surface area (Å²) in [6.45, 7) is 3.89. The van der Waals surface area contributed by atoms with Crippen LogP contribution in [-0.4, -0.2) is 38.5 Å². The van der Waals surface area contributed by atoms with Crippen LogP contribution in [0.1, 0.15) is 12.0 Å². The lowest BCUT2D eigenvalue weighted by atomic mass is 10.3. The summed E-state index contributed by atoms with van der Waals surface area (Å²) in [4.78, 5) is 4.11. The van der Waals surface area contributed by atoms with E-state index in [1.807, 2.05) is 6.20 Å². The maximum Gasteiger partial charge on any atom is 0.0700 e. The molecule has 17 heavy (non-hydrogen) atoms. The van der Waals surface area contributed by atoms with E-state index in [0.717, 1.165) is 30.6 Å². The Balaban J connectivity index is 1.97. The Morgan fingerprint density at radius 1 is 1.29 bits per heavy atom. The molecular weight excluding hydrogens is 284 g/mol. The second kappa shape index (κ2) is 9.53. The number of nitrogens with one attached hydrogen (secondary N) is 1. The van der Waals surface area contributed by atoms with Gasteiger partial charge in [0.05, 0.1) is 13.2 Å². The molecule has 0 atom stereocenters. The average Bonchev–Trinajstić information content (AvgIpc) is 2.33. The Bertz CT molecular complexity index is 310. The minimum atomic E-state index is 0.664. The Morgan fingerprint density at radius 3 is 2.94 bits per heavy atom. The zero-order valence-electron chi connectivity index (χ0n) is 10.1. The van der Waals surface area contributed by atoms with Gasteiger partial charge in [0, 0.05) is 37.1 Å². The number of hydrogen-bond acceptors (Lipinski definition) is 4. The average molecular weight is 303 g/mol. The molecule has 1 aromatic heterocycles. The summed E-state index contributed by atoms with van der Waals surface area (Å²) < 4.78 is 11.3. The number of methoxy groups -OCH3 is 1. The normalized spacial score (nSPS) is 10.7. The van der Waals surface area contributed by atoms with Gasteiger partial charge in [-0.05, 0) is 40.5 Å². The van der Waals surface area contributed by atoms with Crippen molar-refractivity contribution in [1.29, 1.82) is 0 Å². The summed E-state index contributed by atoms with van der Waals surface area (Å²) >= 11 is 3.40. The topological polar surface area (TPSA) is 43.4 Å². The molecule has 0 unspecified atom stereocenters. The molecule has 5 heteroatoms. The van der Waals surface area contributed by atoms with Crippen LogP contribution in [0.3, 0.4) is 0 Å². The van der Waals surface area contributed by atoms with Crippen molar-refractivity contribution in [3.63, 3.8) is 0 Å². The summed E-state index contributed by atoms with van der Waals surface area (Å²) in [7, 11) is 1.68. The standard InChI is InChI=1S/C12H19BrN2O2/c1-16-5-6-17-4-2-3-14-8-11-7-12(13)10-15-9-11/h7,9-10,14H,2-6,8H2,1H3. The molecule has 1 rings (SSSR count).